The van der Waals surface area contributed by atoms with Crippen LogP contribution in [-0.4, -0.2) is 42.8 Å². The number of ether oxygens (including phenoxy) is 1. The van der Waals surface area contributed by atoms with Crippen molar-refractivity contribution in [2.75, 3.05) is 25.1 Å². The van der Waals surface area contributed by atoms with E-state index in [4.69, 9.17) is 4.74 Å². The highest BCUT2D eigenvalue weighted by Crippen LogP contribution is 2.29. The fraction of sp³-hybridized carbons (Fsp3) is 0.467. The summed E-state index contributed by atoms with van der Waals surface area (Å²) in [5.41, 5.74) is 1.66. The molecule has 3 rings (SSSR count). The first-order valence-electron chi connectivity index (χ1n) is 6.99. The molecule has 0 aromatic heterocycles. The first-order valence-corrected chi connectivity index (χ1v) is 6.99. The molecule has 112 valence electrons. The molecule has 0 saturated carbocycles. The van der Waals surface area contributed by atoms with Crippen LogP contribution >= 0.6 is 0 Å². The Morgan fingerprint density at radius 2 is 2.29 bits per heavy atom. The highest BCUT2D eigenvalue weighted by molar-refractivity contribution is 5.95. The van der Waals surface area contributed by atoms with Gasteiger partial charge in [0.1, 0.15) is 5.41 Å². The van der Waals surface area contributed by atoms with Crippen LogP contribution in [0.25, 0.3) is 0 Å². The molecule has 2 aliphatic rings. The maximum atomic E-state index is 12.3. The zero-order valence-electron chi connectivity index (χ0n) is 11.8. The fourth-order valence-corrected chi connectivity index (χ4v) is 2.77. The number of nitrogens with one attached hydrogen (secondary N) is 2. The minimum absolute atomic E-state index is 0.112. The second-order valence-electron chi connectivity index (χ2n) is 5.81. The van der Waals surface area contributed by atoms with Gasteiger partial charge < -0.3 is 20.5 Å². The molecule has 21 heavy (non-hydrogen) atoms. The quantitative estimate of drug-likeness (QED) is 0.769. The van der Waals surface area contributed by atoms with Crippen LogP contribution in [0.15, 0.2) is 18.2 Å². The molecule has 0 aliphatic carbocycles. The van der Waals surface area contributed by atoms with Gasteiger partial charge in [0.05, 0.1) is 19.3 Å². The Bertz CT molecular complexity index is 601. The summed E-state index contributed by atoms with van der Waals surface area (Å²) in [5.74, 6) is -1.21. The molecule has 0 radical (unpaired) electrons. The molecule has 1 amide bonds. The van der Waals surface area contributed by atoms with Crippen molar-refractivity contribution in [1.82, 2.24) is 5.32 Å². The van der Waals surface area contributed by atoms with Crippen molar-refractivity contribution in [2.45, 2.75) is 19.4 Å². The Morgan fingerprint density at radius 3 is 3.05 bits per heavy atom. The Balaban J connectivity index is 1.76. The second-order valence-corrected chi connectivity index (χ2v) is 5.81. The van der Waals surface area contributed by atoms with E-state index in [0.29, 0.717) is 5.56 Å². The third kappa shape index (κ3) is 2.35. The van der Waals surface area contributed by atoms with Gasteiger partial charge in [-0.1, -0.05) is 0 Å². The van der Waals surface area contributed by atoms with Crippen LogP contribution in [0, 0.1) is 5.41 Å². The van der Waals surface area contributed by atoms with E-state index >= 15 is 0 Å². The lowest BCUT2D eigenvalue weighted by Gasteiger charge is -2.25. The van der Waals surface area contributed by atoms with Gasteiger partial charge in [0.2, 0.25) is 0 Å². The number of benzene rings is 1. The van der Waals surface area contributed by atoms with Gasteiger partial charge in [-0.2, -0.15) is 0 Å². The maximum absolute atomic E-state index is 12.3. The summed E-state index contributed by atoms with van der Waals surface area (Å²) >= 11 is 0. The molecule has 3 N–H and O–H groups in total. The summed E-state index contributed by atoms with van der Waals surface area (Å²) < 4.78 is 5.24. The molecule has 2 atom stereocenters. The van der Waals surface area contributed by atoms with E-state index in [1.54, 1.807) is 13.0 Å². The van der Waals surface area contributed by atoms with Crippen LogP contribution in [-0.2, 0) is 16.0 Å². The summed E-state index contributed by atoms with van der Waals surface area (Å²) in [4.78, 5) is 23.7. The standard InChI is InChI=1S/C15H18N2O4/c1-15(14(19)20)8-21-7-12(15)17-13(18)10-2-3-11-9(6-10)4-5-16-11/h2-3,6,12,16H,4-5,7-8H2,1H3,(H,17,18)(H,19,20). The molecule has 2 aliphatic heterocycles. The molecule has 6 nitrogen and oxygen atoms in total. The monoisotopic (exact) mass is 290 g/mol. The number of carboxylic acid groups (broad SMARTS) is 1. The molecule has 2 unspecified atom stereocenters. The van der Waals surface area contributed by atoms with Crippen LogP contribution in [0.4, 0.5) is 5.69 Å². The summed E-state index contributed by atoms with van der Waals surface area (Å²) in [7, 11) is 0. The predicted molar refractivity (Wildman–Crippen MR) is 76.5 cm³/mol. The molecule has 1 fully saturated rings. The van der Waals surface area contributed by atoms with E-state index in [1.807, 2.05) is 12.1 Å². The number of fused-ring (bicyclic) bond motifs is 1. The second kappa shape index (κ2) is 5.04. The van der Waals surface area contributed by atoms with E-state index in [9.17, 15) is 14.7 Å². The number of hydrogen-bond donors (Lipinski definition) is 3. The van der Waals surface area contributed by atoms with Crippen molar-refractivity contribution in [1.29, 1.82) is 0 Å². The van der Waals surface area contributed by atoms with Gasteiger partial charge in [0.25, 0.3) is 5.91 Å². The van der Waals surface area contributed by atoms with Gasteiger partial charge in [-0.05, 0) is 37.1 Å². The lowest BCUT2D eigenvalue weighted by atomic mass is 9.85. The normalized spacial score (nSPS) is 27.0. The van der Waals surface area contributed by atoms with Crippen molar-refractivity contribution in [2.24, 2.45) is 5.41 Å². The van der Waals surface area contributed by atoms with Gasteiger partial charge >= 0.3 is 5.97 Å². The van der Waals surface area contributed by atoms with Crippen molar-refractivity contribution in [3.63, 3.8) is 0 Å². The molecular weight excluding hydrogens is 272 g/mol. The van der Waals surface area contributed by atoms with Crippen molar-refractivity contribution in [3.05, 3.63) is 29.3 Å². The van der Waals surface area contributed by atoms with Crippen LogP contribution in [0.3, 0.4) is 0 Å². The smallest absolute Gasteiger partial charge is 0.313 e. The summed E-state index contributed by atoms with van der Waals surface area (Å²) in [6, 6.07) is 4.98. The molecule has 1 aromatic rings. The van der Waals surface area contributed by atoms with Crippen LogP contribution in [0.2, 0.25) is 0 Å². The van der Waals surface area contributed by atoms with Gasteiger partial charge in [-0.3, -0.25) is 9.59 Å². The third-order valence-corrected chi connectivity index (χ3v) is 4.33. The first-order chi connectivity index (χ1) is 10.0. The highest BCUT2D eigenvalue weighted by atomic mass is 16.5. The highest BCUT2D eigenvalue weighted by Gasteiger charge is 2.47. The number of amides is 1. The average molecular weight is 290 g/mol. The van der Waals surface area contributed by atoms with Gasteiger partial charge in [-0.25, -0.2) is 0 Å². The molecule has 1 saturated heterocycles. The number of carboxylic acids is 1. The summed E-state index contributed by atoms with van der Waals surface area (Å²) in [5, 5.41) is 15.3. The first kappa shape index (κ1) is 13.9. The van der Waals surface area contributed by atoms with Gasteiger partial charge in [0, 0.05) is 17.8 Å². The Morgan fingerprint density at radius 1 is 1.48 bits per heavy atom. The van der Waals surface area contributed by atoms with E-state index in [1.165, 1.54) is 0 Å². The number of hydrogen-bond acceptors (Lipinski definition) is 4. The molecule has 0 bridgehead atoms. The number of rotatable bonds is 3. The number of carbonyl (C=O) groups excluding carboxylic acids is 1. The molecular formula is C15H18N2O4. The lowest BCUT2D eigenvalue weighted by molar-refractivity contribution is -0.148. The Hall–Kier alpha value is -2.08. The summed E-state index contributed by atoms with van der Waals surface area (Å²) in [6.07, 6.45) is 0.899. The fourth-order valence-electron chi connectivity index (χ4n) is 2.77. The van der Waals surface area contributed by atoms with Crippen LogP contribution < -0.4 is 10.6 Å². The summed E-state index contributed by atoms with van der Waals surface area (Å²) in [6.45, 7) is 2.82. The minimum Gasteiger partial charge on any atom is -0.481 e. The number of carbonyl (C=O) groups is 2. The Kier molecular flexibility index (Phi) is 3.33. The number of anilines is 1. The zero-order chi connectivity index (χ0) is 15.0. The average Bonchev–Trinajstić information content (AvgIpc) is 3.06. The van der Waals surface area contributed by atoms with Crippen LogP contribution in [0.5, 0.6) is 0 Å². The topological polar surface area (TPSA) is 87.7 Å². The molecule has 0 spiro atoms. The lowest BCUT2D eigenvalue weighted by Crippen LogP contribution is -2.49. The molecule has 2 heterocycles. The number of aliphatic carboxylic acids is 1. The van der Waals surface area contributed by atoms with E-state index in [0.717, 1.165) is 24.2 Å². The van der Waals surface area contributed by atoms with Crippen LogP contribution in [0.1, 0.15) is 22.8 Å². The minimum atomic E-state index is -1.08. The SMILES string of the molecule is CC1(C(=O)O)COCC1NC(=O)c1ccc2c(c1)CCN2. The maximum Gasteiger partial charge on any atom is 0.313 e. The molecule has 6 heteroatoms. The van der Waals surface area contributed by atoms with E-state index < -0.39 is 17.4 Å². The van der Waals surface area contributed by atoms with E-state index in [-0.39, 0.29) is 19.1 Å². The van der Waals surface area contributed by atoms with Crippen molar-refractivity contribution in [3.8, 4) is 0 Å². The third-order valence-electron chi connectivity index (χ3n) is 4.33. The van der Waals surface area contributed by atoms with Crippen molar-refractivity contribution >= 4 is 17.6 Å². The van der Waals surface area contributed by atoms with E-state index in [2.05, 4.69) is 10.6 Å². The van der Waals surface area contributed by atoms with Gasteiger partial charge in [-0.15, -0.1) is 0 Å². The zero-order valence-corrected chi connectivity index (χ0v) is 11.8. The Labute approximate surface area is 122 Å². The predicted octanol–water partition coefficient (Wildman–Crippen LogP) is 0.874. The van der Waals surface area contributed by atoms with Gasteiger partial charge in [0.15, 0.2) is 0 Å². The molecule has 1 aromatic carbocycles. The van der Waals surface area contributed by atoms with Crippen molar-refractivity contribution < 1.29 is 19.4 Å². The largest absolute Gasteiger partial charge is 0.481 e.